The lowest BCUT2D eigenvalue weighted by Gasteiger charge is -2.38. The van der Waals surface area contributed by atoms with Crippen molar-refractivity contribution in [1.82, 2.24) is 0 Å². The average molecular weight is 276 g/mol. The molecule has 1 aromatic rings. The molecule has 0 heterocycles. The molecular formula is C17H24O3. The maximum absolute atomic E-state index is 12.1. The molecular weight excluding hydrogens is 252 g/mol. The van der Waals surface area contributed by atoms with E-state index in [1.54, 1.807) is 24.3 Å². The largest absolute Gasteiger partial charge is 0.460 e. The third kappa shape index (κ3) is 3.83. The lowest BCUT2D eigenvalue weighted by atomic mass is 9.71. The van der Waals surface area contributed by atoms with Crippen LogP contribution in [0.3, 0.4) is 0 Å². The van der Waals surface area contributed by atoms with Crippen molar-refractivity contribution < 1.29 is 14.6 Å². The maximum atomic E-state index is 12.1. The summed E-state index contributed by atoms with van der Waals surface area (Å²) in [6.45, 7) is 6.60. The predicted octanol–water partition coefficient (Wildman–Crippen LogP) is 3.48. The van der Waals surface area contributed by atoms with Crippen LogP contribution in [-0.2, 0) is 9.53 Å². The van der Waals surface area contributed by atoms with Crippen LogP contribution in [0.25, 0.3) is 0 Å². The van der Waals surface area contributed by atoms with Crippen LogP contribution >= 0.6 is 0 Å². The first kappa shape index (κ1) is 15.0. The summed E-state index contributed by atoms with van der Waals surface area (Å²) in [5.41, 5.74) is 0.779. The van der Waals surface area contributed by atoms with Gasteiger partial charge < -0.3 is 9.84 Å². The number of hydrogen-bond acceptors (Lipinski definition) is 3. The van der Waals surface area contributed by atoms with Gasteiger partial charge in [-0.25, -0.2) is 4.79 Å². The van der Waals surface area contributed by atoms with Gasteiger partial charge in [0.05, 0.1) is 0 Å². The number of aliphatic hydroxyl groups excluding tert-OH is 1. The van der Waals surface area contributed by atoms with E-state index in [-0.39, 0.29) is 11.5 Å². The lowest BCUT2D eigenvalue weighted by molar-refractivity contribution is -0.163. The Kier molecular flexibility index (Phi) is 4.48. The van der Waals surface area contributed by atoms with E-state index < -0.39 is 12.1 Å². The Balaban J connectivity index is 1.97. The molecule has 0 aromatic heterocycles. The van der Waals surface area contributed by atoms with Crippen molar-refractivity contribution in [2.75, 3.05) is 0 Å². The van der Waals surface area contributed by atoms with Crippen molar-refractivity contribution >= 4 is 5.97 Å². The van der Waals surface area contributed by atoms with E-state index >= 15 is 0 Å². The van der Waals surface area contributed by atoms with Gasteiger partial charge in [0.1, 0.15) is 6.10 Å². The van der Waals surface area contributed by atoms with Crippen molar-refractivity contribution in [2.24, 2.45) is 11.3 Å². The minimum atomic E-state index is -1.18. The van der Waals surface area contributed by atoms with Crippen LogP contribution in [0.2, 0.25) is 0 Å². The molecule has 0 unspecified atom stereocenters. The summed E-state index contributed by atoms with van der Waals surface area (Å²) in [7, 11) is 0. The normalized spacial score (nSPS) is 26.8. The fraction of sp³-hybridized carbons (Fsp3) is 0.588. The van der Waals surface area contributed by atoms with Crippen molar-refractivity contribution in [3.8, 4) is 0 Å². The molecule has 0 bridgehead atoms. The SMILES string of the molecule is C[C@H]1C[C@@H](OC(=O)[C@H](O)c2ccccc2)CC(C)(C)C1. The minimum absolute atomic E-state index is 0.0837. The molecule has 3 nitrogen and oxygen atoms in total. The van der Waals surface area contributed by atoms with E-state index in [1.165, 1.54) is 0 Å². The van der Waals surface area contributed by atoms with Gasteiger partial charge in [0.2, 0.25) is 0 Å². The van der Waals surface area contributed by atoms with Crippen molar-refractivity contribution in [3.63, 3.8) is 0 Å². The third-order valence-corrected chi connectivity index (χ3v) is 3.97. The van der Waals surface area contributed by atoms with Gasteiger partial charge in [-0.05, 0) is 36.2 Å². The Bertz CT molecular complexity index is 453. The highest BCUT2D eigenvalue weighted by atomic mass is 16.6. The van der Waals surface area contributed by atoms with Crippen molar-refractivity contribution in [2.45, 2.75) is 52.2 Å². The Hall–Kier alpha value is -1.35. The number of esters is 1. The number of rotatable bonds is 3. The quantitative estimate of drug-likeness (QED) is 0.860. The van der Waals surface area contributed by atoms with Gasteiger partial charge in [-0.3, -0.25) is 0 Å². The fourth-order valence-corrected chi connectivity index (χ4v) is 3.35. The Labute approximate surface area is 121 Å². The van der Waals surface area contributed by atoms with Gasteiger partial charge in [0.25, 0.3) is 0 Å². The second-order valence-corrected chi connectivity index (χ2v) is 6.79. The van der Waals surface area contributed by atoms with Crippen LogP contribution in [0.1, 0.15) is 51.7 Å². The van der Waals surface area contributed by atoms with Crippen LogP contribution in [-0.4, -0.2) is 17.2 Å². The van der Waals surface area contributed by atoms with Crippen molar-refractivity contribution in [3.05, 3.63) is 35.9 Å². The highest BCUT2D eigenvalue weighted by molar-refractivity contribution is 5.76. The van der Waals surface area contributed by atoms with Gasteiger partial charge in [-0.15, -0.1) is 0 Å². The highest BCUT2D eigenvalue weighted by Crippen LogP contribution is 2.40. The molecule has 20 heavy (non-hydrogen) atoms. The Morgan fingerprint density at radius 2 is 1.95 bits per heavy atom. The van der Waals surface area contributed by atoms with Gasteiger partial charge in [-0.2, -0.15) is 0 Å². The zero-order valence-electron chi connectivity index (χ0n) is 12.5. The lowest BCUT2D eigenvalue weighted by Crippen LogP contribution is -2.35. The zero-order valence-corrected chi connectivity index (χ0v) is 12.5. The molecule has 1 saturated carbocycles. The van der Waals surface area contributed by atoms with Crippen LogP contribution in [0, 0.1) is 11.3 Å². The third-order valence-electron chi connectivity index (χ3n) is 3.97. The minimum Gasteiger partial charge on any atom is -0.460 e. The smallest absolute Gasteiger partial charge is 0.339 e. The first-order valence-corrected chi connectivity index (χ1v) is 7.31. The van der Waals surface area contributed by atoms with Crippen LogP contribution < -0.4 is 0 Å². The predicted molar refractivity (Wildman–Crippen MR) is 78.1 cm³/mol. The first-order valence-electron chi connectivity index (χ1n) is 7.31. The Morgan fingerprint density at radius 1 is 1.30 bits per heavy atom. The molecule has 0 saturated heterocycles. The van der Waals surface area contributed by atoms with E-state index in [1.807, 2.05) is 6.07 Å². The summed E-state index contributed by atoms with van der Waals surface area (Å²) >= 11 is 0. The van der Waals surface area contributed by atoms with Gasteiger partial charge in [-0.1, -0.05) is 51.1 Å². The molecule has 0 radical (unpaired) electrons. The molecule has 1 fully saturated rings. The molecule has 0 amide bonds. The second-order valence-electron chi connectivity index (χ2n) is 6.79. The molecule has 110 valence electrons. The number of carbonyl (C=O) groups excluding carboxylic acids is 1. The summed E-state index contributed by atoms with van der Waals surface area (Å²) in [5, 5.41) is 10.0. The fourth-order valence-electron chi connectivity index (χ4n) is 3.35. The van der Waals surface area contributed by atoms with E-state index in [0.29, 0.717) is 11.5 Å². The number of ether oxygens (including phenoxy) is 1. The molecule has 1 aliphatic carbocycles. The second kappa shape index (κ2) is 5.96. The monoisotopic (exact) mass is 276 g/mol. The molecule has 0 spiro atoms. The zero-order chi connectivity index (χ0) is 14.8. The van der Waals surface area contributed by atoms with E-state index in [4.69, 9.17) is 4.74 Å². The summed E-state index contributed by atoms with van der Waals surface area (Å²) in [5.74, 6) is 0.0107. The summed E-state index contributed by atoms with van der Waals surface area (Å²) in [6.07, 6.45) is 1.64. The first-order chi connectivity index (χ1) is 9.37. The molecule has 3 atom stereocenters. The van der Waals surface area contributed by atoms with Gasteiger partial charge in [0, 0.05) is 0 Å². The van der Waals surface area contributed by atoms with Crippen LogP contribution in [0.15, 0.2) is 30.3 Å². The van der Waals surface area contributed by atoms with Gasteiger partial charge >= 0.3 is 5.97 Å². The van der Waals surface area contributed by atoms with Crippen LogP contribution in [0.4, 0.5) is 0 Å². The maximum Gasteiger partial charge on any atom is 0.339 e. The molecule has 3 heteroatoms. The molecule has 0 aliphatic heterocycles. The summed E-state index contributed by atoms with van der Waals surface area (Å²) in [4.78, 5) is 12.1. The summed E-state index contributed by atoms with van der Waals surface area (Å²) < 4.78 is 5.52. The van der Waals surface area contributed by atoms with Crippen LogP contribution in [0.5, 0.6) is 0 Å². The number of benzene rings is 1. The highest BCUT2D eigenvalue weighted by Gasteiger charge is 2.35. The molecule has 1 aliphatic rings. The van der Waals surface area contributed by atoms with E-state index in [2.05, 4.69) is 20.8 Å². The topological polar surface area (TPSA) is 46.5 Å². The summed E-state index contributed by atoms with van der Waals surface area (Å²) in [6, 6.07) is 8.93. The van der Waals surface area contributed by atoms with Gasteiger partial charge in [0.15, 0.2) is 6.10 Å². The standard InChI is InChI=1S/C17H24O3/c1-12-9-14(11-17(2,3)10-12)20-16(19)15(18)13-7-5-4-6-8-13/h4-8,12,14-15,18H,9-11H2,1-3H3/t12-,14+,15+/m0/s1. The molecule has 2 rings (SSSR count). The number of aliphatic hydroxyl groups is 1. The molecule has 1 N–H and O–H groups in total. The van der Waals surface area contributed by atoms with E-state index in [0.717, 1.165) is 19.3 Å². The Morgan fingerprint density at radius 3 is 2.55 bits per heavy atom. The number of carbonyl (C=O) groups is 1. The van der Waals surface area contributed by atoms with Crippen molar-refractivity contribution in [1.29, 1.82) is 0 Å². The number of hydrogen-bond donors (Lipinski definition) is 1. The molecule has 1 aromatic carbocycles. The average Bonchev–Trinajstić information content (AvgIpc) is 2.36. The van der Waals surface area contributed by atoms with E-state index in [9.17, 15) is 9.90 Å².